The minimum Gasteiger partial charge on any atom is -0.489 e. The number of carbonyl (C=O) groups is 1. The summed E-state index contributed by atoms with van der Waals surface area (Å²) in [5, 5.41) is 3.62. The lowest BCUT2D eigenvalue weighted by Crippen LogP contribution is -2.42. The molecular weight excluding hydrogens is 309 g/mol. The predicted molar refractivity (Wildman–Crippen MR) is 88.5 cm³/mol. The van der Waals surface area contributed by atoms with Crippen LogP contribution in [0.1, 0.15) is 31.9 Å². The molecule has 0 saturated carbocycles. The van der Waals surface area contributed by atoms with Crippen molar-refractivity contribution in [3.05, 3.63) is 28.3 Å². The maximum absolute atomic E-state index is 11.9. The average Bonchev–Trinajstić information content (AvgIpc) is 2.41. The Morgan fingerprint density at radius 2 is 1.86 bits per heavy atom. The molecule has 0 aliphatic rings. The molecule has 5 heteroatoms. The van der Waals surface area contributed by atoms with Gasteiger partial charge in [-0.3, -0.25) is 4.79 Å². The summed E-state index contributed by atoms with van der Waals surface area (Å²) < 4.78 is 5.82. The summed E-state index contributed by atoms with van der Waals surface area (Å²) in [5.74, 6) is 0.966. The van der Waals surface area contributed by atoms with Crippen LogP contribution in [0, 0.1) is 19.3 Å². The van der Waals surface area contributed by atoms with Gasteiger partial charge in [0.05, 0.1) is 12.0 Å². The van der Waals surface area contributed by atoms with Crippen LogP contribution in [0.25, 0.3) is 0 Å². The summed E-state index contributed by atoms with van der Waals surface area (Å²) in [5.41, 5.74) is 1.38. The number of hydrogen-bond donors (Lipinski definition) is 1. The van der Waals surface area contributed by atoms with Crippen LogP contribution < -0.4 is 10.1 Å². The highest BCUT2D eigenvalue weighted by molar-refractivity contribution is 6.32. The Labute approximate surface area is 137 Å². The number of aryl methyl sites for hydroxylation is 2. The lowest BCUT2D eigenvalue weighted by atomic mass is 9.95. The Kier molecular flexibility index (Phi) is 6.36. The fraction of sp³-hybridized carbons (Fsp3) is 0.562. The molecule has 0 saturated heterocycles. The van der Waals surface area contributed by atoms with E-state index >= 15 is 0 Å². The van der Waals surface area contributed by atoms with Gasteiger partial charge in [0.15, 0.2) is 0 Å². The lowest BCUT2D eigenvalue weighted by Gasteiger charge is -2.22. The molecule has 3 nitrogen and oxygen atoms in total. The van der Waals surface area contributed by atoms with Crippen molar-refractivity contribution in [3.63, 3.8) is 0 Å². The molecule has 1 atom stereocenters. The van der Waals surface area contributed by atoms with Crippen molar-refractivity contribution in [3.8, 4) is 5.75 Å². The highest BCUT2D eigenvalue weighted by atomic mass is 35.5. The molecule has 1 aromatic rings. The minimum atomic E-state index is -0.575. The zero-order chi connectivity index (χ0) is 16.2. The fourth-order valence-corrected chi connectivity index (χ4v) is 2.02. The molecule has 0 aromatic heterocycles. The molecule has 1 amide bonds. The third kappa shape index (κ3) is 5.08. The molecule has 0 bridgehead atoms. The van der Waals surface area contributed by atoms with Gasteiger partial charge in [-0.2, -0.15) is 0 Å². The average molecular weight is 332 g/mol. The van der Waals surface area contributed by atoms with Crippen LogP contribution in [-0.2, 0) is 4.79 Å². The van der Waals surface area contributed by atoms with E-state index in [1.54, 1.807) is 0 Å². The Hall–Kier alpha value is -0.930. The van der Waals surface area contributed by atoms with E-state index < -0.39 is 5.41 Å². The summed E-state index contributed by atoms with van der Waals surface area (Å²) in [6.45, 7) is 9.85. The molecule has 1 rings (SSSR count). The number of halogens is 2. The first kappa shape index (κ1) is 18.1. The molecule has 0 heterocycles. The van der Waals surface area contributed by atoms with Crippen molar-refractivity contribution < 1.29 is 9.53 Å². The van der Waals surface area contributed by atoms with Crippen molar-refractivity contribution in [2.24, 2.45) is 5.41 Å². The minimum absolute atomic E-state index is 0.0728. The molecule has 0 fully saturated rings. The second-order valence-electron chi connectivity index (χ2n) is 6.03. The SMILES string of the molecule is Cc1cc(OC(C)CNC(=O)C(C)(C)CCl)cc(C)c1Cl. The number of nitrogens with one attached hydrogen (secondary N) is 1. The van der Waals surface area contributed by atoms with Gasteiger partial charge >= 0.3 is 0 Å². The summed E-state index contributed by atoms with van der Waals surface area (Å²) in [6, 6.07) is 3.80. The summed E-state index contributed by atoms with van der Waals surface area (Å²) >= 11 is 11.9. The second kappa shape index (κ2) is 7.37. The molecule has 1 aromatic carbocycles. The third-order valence-corrected chi connectivity index (χ3v) is 4.51. The third-order valence-electron chi connectivity index (χ3n) is 3.25. The van der Waals surface area contributed by atoms with Crippen LogP contribution in [0.15, 0.2) is 12.1 Å². The van der Waals surface area contributed by atoms with Crippen molar-refractivity contribution in [1.82, 2.24) is 5.32 Å². The van der Waals surface area contributed by atoms with E-state index in [1.807, 2.05) is 46.8 Å². The summed E-state index contributed by atoms with van der Waals surface area (Å²) in [7, 11) is 0. The van der Waals surface area contributed by atoms with Gasteiger partial charge in [0.2, 0.25) is 5.91 Å². The predicted octanol–water partition coefficient (Wildman–Crippen LogP) is 4.11. The normalized spacial score (nSPS) is 12.9. The molecule has 1 N–H and O–H groups in total. The molecule has 0 aliphatic heterocycles. The zero-order valence-electron chi connectivity index (χ0n) is 13.2. The van der Waals surface area contributed by atoms with Crippen molar-refractivity contribution in [2.45, 2.75) is 40.7 Å². The smallest absolute Gasteiger partial charge is 0.226 e. The van der Waals surface area contributed by atoms with Gasteiger partial charge < -0.3 is 10.1 Å². The molecule has 0 radical (unpaired) electrons. The van der Waals surface area contributed by atoms with Crippen LogP contribution >= 0.6 is 23.2 Å². The number of amides is 1. The quantitative estimate of drug-likeness (QED) is 0.797. The Morgan fingerprint density at radius 1 is 1.33 bits per heavy atom. The Morgan fingerprint density at radius 3 is 2.33 bits per heavy atom. The van der Waals surface area contributed by atoms with Crippen molar-refractivity contribution in [2.75, 3.05) is 12.4 Å². The number of alkyl halides is 1. The highest BCUT2D eigenvalue weighted by Crippen LogP contribution is 2.26. The number of hydrogen-bond acceptors (Lipinski definition) is 2. The van der Waals surface area contributed by atoms with Gasteiger partial charge in [0, 0.05) is 10.9 Å². The van der Waals surface area contributed by atoms with Gasteiger partial charge in [-0.1, -0.05) is 11.6 Å². The van der Waals surface area contributed by atoms with Gasteiger partial charge in [-0.25, -0.2) is 0 Å². The summed E-state index contributed by atoms with van der Waals surface area (Å²) in [6.07, 6.45) is -0.139. The summed E-state index contributed by atoms with van der Waals surface area (Å²) in [4.78, 5) is 11.9. The van der Waals surface area contributed by atoms with Crippen molar-refractivity contribution >= 4 is 29.1 Å². The van der Waals surface area contributed by atoms with E-state index in [0.29, 0.717) is 6.54 Å². The lowest BCUT2D eigenvalue weighted by molar-refractivity contribution is -0.128. The standard InChI is InChI=1S/C16H23Cl2NO2/c1-10-6-13(7-11(2)14(10)18)21-12(3)8-19-15(20)16(4,5)9-17/h6-7,12H,8-9H2,1-5H3,(H,19,20). The molecule has 1 unspecified atom stereocenters. The van der Waals surface area contributed by atoms with Crippen LogP contribution in [0.3, 0.4) is 0 Å². The van der Waals surface area contributed by atoms with Crippen molar-refractivity contribution in [1.29, 1.82) is 0 Å². The van der Waals surface area contributed by atoms with Crippen LogP contribution in [-0.4, -0.2) is 24.4 Å². The molecule has 21 heavy (non-hydrogen) atoms. The number of carbonyl (C=O) groups excluding carboxylic acids is 1. The largest absolute Gasteiger partial charge is 0.489 e. The van der Waals surface area contributed by atoms with E-state index in [9.17, 15) is 4.79 Å². The van der Waals surface area contributed by atoms with E-state index in [1.165, 1.54) is 0 Å². The molecular formula is C16H23Cl2NO2. The van der Waals surface area contributed by atoms with Crippen LogP contribution in [0.5, 0.6) is 5.75 Å². The number of rotatable bonds is 6. The van der Waals surface area contributed by atoms with E-state index in [0.717, 1.165) is 21.9 Å². The number of benzene rings is 1. The molecule has 0 aliphatic carbocycles. The number of ether oxygens (including phenoxy) is 1. The maximum Gasteiger partial charge on any atom is 0.226 e. The zero-order valence-corrected chi connectivity index (χ0v) is 14.7. The van der Waals surface area contributed by atoms with Gasteiger partial charge in [-0.05, 0) is 57.9 Å². The first-order chi connectivity index (χ1) is 9.67. The van der Waals surface area contributed by atoms with Crippen LogP contribution in [0.2, 0.25) is 5.02 Å². The second-order valence-corrected chi connectivity index (χ2v) is 6.67. The molecule has 118 valence electrons. The fourth-order valence-electron chi connectivity index (χ4n) is 1.78. The Bertz CT molecular complexity index is 492. The maximum atomic E-state index is 11.9. The highest BCUT2D eigenvalue weighted by Gasteiger charge is 2.26. The first-order valence-electron chi connectivity index (χ1n) is 6.95. The van der Waals surface area contributed by atoms with E-state index in [2.05, 4.69) is 5.32 Å². The van der Waals surface area contributed by atoms with E-state index in [4.69, 9.17) is 27.9 Å². The van der Waals surface area contributed by atoms with Gasteiger partial charge in [-0.15, -0.1) is 11.6 Å². The topological polar surface area (TPSA) is 38.3 Å². The van der Waals surface area contributed by atoms with E-state index in [-0.39, 0.29) is 17.9 Å². The monoisotopic (exact) mass is 331 g/mol. The molecule has 0 spiro atoms. The first-order valence-corrected chi connectivity index (χ1v) is 7.86. The van der Waals surface area contributed by atoms with Gasteiger partial charge in [0.25, 0.3) is 0 Å². The van der Waals surface area contributed by atoms with Crippen LogP contribution in [0.4, 0.5) is 0 Å². The Balaban J connectivity index is 2.59. The van der Waals surface area contributed by atoms with Gasteiger partial charge in [0.1, 0.15) is 11.9 Å².